The molecule has 1 aliphatic carbocycles. The molecule has 4 rings (SSSR count). The number of carbonyl (C=O) groups excluding carboxylic acids is 1. The summed E-state index contributed by atoms with van der Waals surface area (Å²) in [4.78, 5) is 27.3. The molecule has 0 bridgehead atoms. The lowest BCUT2D eigenvalue weighted by atomic mass is 9.95. The maximum Gasteiger partial charge on any atom is 0.288 e. The second-order valence-electron chi connectivity index (χ2n) is 7.10. The van der Waals surface area contributed by atoms with E-state index in [1.807, 2.05) is 22.9 Å². The molecule has 0 atom stereocenters. The number of hydrogen-bond donors (Lipinski definition) is 1. The molecule has 0 unspecified atom stereocenters. The van der Waals surface area contributed by atoms with Crippen LogP contribution in [-0.4, -0.2) is 32.1 Å². The summed E-state index contributed by atoms with van der Waals surface area (Å²) in [6, 6.07) is 9.80. The molecule has 1 amide bonds. The van der Waals surface area contributed by atoms with E-state index in [2.05, 4.69) is 10.3 Å². The van der Waals surface area contributed by atoms with Crippen LogP contribution >= 0.6 is 11.6 Å². The first-order valence-electron chi connectivity index (χ1n) is 9.76. The summed E-state index contributed by atoms with van der Waals surface area (Å²) >= 11 is 5.81. The lowest BCUT2D eigenvalue weighted by molar-refractivity contribution is -0.384. The minimum atomic E-state index is -0.603. The number of nitro groups is 1. The molecule has 0 radical (unpaired) electrons. The van der Waals surface area contributed by atoms with Crippen molar-refractivity contribution in [2.75, 3.05) is 6.54 Å². The van der Waals surface area contributed by atoms with Gasteiger partial charge in [-0.25, -0.2) is 0 Å². The van der Waals surface area contributed by atoms with Crippen molar-refractivity contribution in [2.24, 2.45) is 0 Å². The number of nitro benzene ring substituents is 1. The van der Waals surface area contributed by atoms with Gasteiger partial charge in [-0.15, -0.1) is 0 Å². The van der Waals surface area contributed by atoms with Gasteiger partial charge in [-0.2, -0.15) is 5.10 Å². The average Bonchev–Trinajstić information content (AvgIpc) is 3.13. The molecule has 0 saturated heterocycles. The van der Waals surface area contributed by atoms with Gasteiger partial charge in [0.05, 0.1) is 17.2 Å². The number of hydrogen-bond acceptors (Lipinski definition) is 5. The van der Waals surface area contributed by atoms with Gasteiger partial charge in [0, 0.05) is 35.6 Å². The molecule has 9 heteroatoms. The van der Waals surface area contributed by atoms with Crippen LogP contribution in [0.2, 0.25) is 5.02 Å². The highest BCUT2D eigenvalue weighted by Crippen LogP contribution is 2.30. The number of rotatable bonds is 6. The van der Waals surface area contributed by atoms with Crippen LogP contribution in [0.4, 0.5) is 5.69 Å². The maximum absolute atomic E-state index is 12.4. The summed E-state index contributed by atoms with van der Waals surface area (Å²) in [7, 11) is 0. The SMILES string of the molecule is O=C(NCCn1nc(-c2ccccn2)c2c1CCCC2)c1ccc(Cl)c([N+](=O)[O-])c1. The van der Waals surface area contributed by atoms with Crippen molar-refractivity contribution in [3.05, 3.63) is 74.6 Å². The zero-order valence-electron chi connectivity index (χ0n) is 16.2. The first kappa shape index (κ1) is 20.0. The van der Waals surface area contributed by atoms with Crippen LogP contribution in [0, 0.1) is 10.1 Å². The maximum atomic E-state index is 12.4. The Hall–Kier alpha value is -3.26. The number of nitrogens with zero attached hydrogens (tertiary/aromatic N) is 4. The predicted molar refractivity (Wildman–Crippen MR) is 113 cm³/mol. The van der Waals surface area contributed by atoms with E-state index in [0.717, 1.165) is 37.1 Å². The van der Waals surface area contributed by atoms with Crippen LogP contribution in [0.5, 0.6) is 0 Å². The van der Waals surface area contributed by atoms with Gasteiger partial charge in [0.2, 0.25) is 0 Å². The Balaban J connectivity index is 1.48. The van der Waals surface area contributed by atoms with Gasteiger partial charge >= 0.3 is 0 Å². The lowest BCUT2D eigenvalue weighted by Crippen LogP contribution is -2.28. The monoisotopic (exact) mass is 425 g/mol. The largest absolute Gasteiger partial charge is 0.350 e. The highest BCUT2D eigenvalue weighted by Gasteiger charge is 2.22. The Morgan fingerprint density at radius 1 is 1.23 bits per heavy atom. The summed E-state index contributed by atoms with van der Waals surface area (Å²) < 4.78 is 1.95. The first-order valence-corrected chi connectivity index (χ1v) is 10.1. The first-order chi connectivity index (χ1) is 14.5. The van der Waals surface area contributed by atoms with Crippen LogP contribution in [-0.2, 0) is 19.4 Å². The smallest absolute Gasteiger partial charge is 0.288 e. The number of nitrogens with one attached hydrogen (secondary N) is 1. The molecule has 1 aliphatic rings. The highest BCUT2D eigenvalue weighted by molar-refractivity contribution is 6.32. The molecule has 0 fully saturated rings. The Morgan fingerprint density at radius 2 is 2.07 bits per heavy atom. The second-order valence-corrected chi connectivity index (χ2v) is 7.51. The lowest BCUT2D eigenvalue weighted by Gasteiger charge is -2.14. The van der Waals surface area contributed by atoms with Gasteiger partial charge in [0.1, 0.15) is 10.7 Å². The highest BCUT2D eigenvalue weighted by atomic mass is 35.5. The number of amides is 1. The van der Waals surface area contributed by atoms with E-state index in [1.54, 1.807) is 6.20 Å². The van der Waals surface area contributed by atoms with E-state index in [4.69, 9.17) is 16.7 Å². The van der Waals surface area contributed by atoms with Crippen molar-refractivity contribution in [1.29, 1.82) is 0 Å². The van der Waals surface area contributed by atoms with Crippen LogP contribution in [0.1, 0.15) is 34.5 Å². The number of pyridine rings is 1. The molecule has 1 aromatic carbocycles. The zero-order chi connectivity index (χ0) is 21.1. The Kier molecular flexibility index (Phi) is 5.76. The van der Waals surface area contributed by atoms with E-state index < -0.39 is 4.92 Å². The summed E-state index contributed by atoms with van der Waals surface area (Å²) in [6.07, 6.45) is 5.93. The van der Waals surface area contributed by atoms with Crippen LogP contribution in [0.25, 0.3) is 11.4 Å². The number of fused-ring (bicyclic) bond motifs is 1. The zero-order valence-corrected chi connectivity index (χ0v) is 16.9. The molecule has 0 aliphatic heterocycles. The molecule has 1 N–H and O–H groups in total. The third-order valence-electron chi connectivity index (χ3n) is 5.18. The molecule has 154 valence electrons. The van der Waals surface area contributed by atoms with E-state index in [1.165, 1.54) is 29.5 Å². The van der Waals surface area contributed by atoms with Crippen molar-refractivity contribution in [2.45, 2.75) is 32.2 Å². The third-order valence-corrected chi connectivity index (χ3v) is 5.50. The molecule has 0 spiro atoms. The fourth-order valence-electron chi connectivity index (χ4n) is 3.74. The van der Waals surface area contributed by atoms with E-state index in [9.17, 15) is 14.9 Å². The number of halogens is 1. The molecular weight excluding hydrogens is 406 g/mol. The number of benzene rings is 1. The molecule has 30 heavy (non-hydrogen) atoms. The summed E-state index contributed by atoms with van der Waals surface area (Å²) in [5, 5.41) is 18.6. The molecule has 0 saturated carbocycles. The minimum absolute atomic E-state index is 0.00164. The van der Waals surface area contributed by atoms with Crippen molar-refractivity contribution >= 4 is 23.2 Å². The normalized spacial score (nSPS) is 13.0. The van der Waals surface area contributed by atoms with Crippen molar-refractivity contribution < 1.29 is 9.72 Å². The number of aromatic nitrogens is 3. The summed E-state index contributed by atoms with van der Waals surface area (Å²) in [5.41, 5.74) is 4.10. The van der Waals surface area contributed by atoms with Crippen molar-refractivity contribution in [3.63, 3.8) is 0 Å². The van der Waals surface area contributed by atoms with Crippen LogP contribution < -0.4 is 5.32 Å². The van der Waals surface area contributed by atoms with Gasteiger partial charge < -0.3 is 5.32 Å². The van der Waals surface area contributed by atoms with E-state index >= 15 is 0 Å². The fourth-order valence-corrected chi connectivity index (χ4v) is 3.92. The van der Waals surface area contributed by atoms with Gasteiger partial charge in [-0.3, -0.25) is 24.6 Å². The van der Waals surface area contributed by atoms with Gasteiger partial charge in [0.25, 0.3) is 11.6 Å². The van der Waals surface area contributed by atoms with Crippen LogP contribution in [0.15, 0.2) is 42.6 Å². The molecule has 8 nitrogen and oxygen atoms in total. The van der Waals surface area contributed by atoms with Gasteiger partial charge in [-0.05, 0) is 49.9 Å². The predicted octanol–water partition coefficient (Wildman–Crippen LogP) is 3.82. The number of carbonyl (C=O) groups is 1. The second kappa shape index (κ2) is 8.62. The van der Waals surface area contributed by atoms with Crippen molar-refractivity contribution in [3.8, 4) is 11.4 Å². The summed E-state index contributed by atoms with van der Waals surface area (Å²) in [5.74, 6) is -0.388. The topological polar surface area (TPSA) is 103 Å². The Bertz CT molecular complexity index is 1100. The molecular formula is C21H20ClN5O3. The quantitative estimate of drug-likeness (QED) is 0.477. The Morgan fingerprint density at radius 3 is 2.83 bits per heavy atom. The molecule has 2 heterocycles. The summed E-state index contributed by atoms with van der Waals surface area (Å²) in [6.45, 7) is 0.863. The standard InChI is InChI=1S/C21H20ClN5O3/c22-16-9-8-14(13-19(16)27(29)30)21(28)24-11-12-26-18-7-2-1-5-15(18)20(25-26)17-6-3-4-10-23-17/h3-4,6,8-10,13H,1-2,5,7,11-12H2,(H,24,28). The average molecular weight is 426 g/mol. The molecule has 3 aromatic rings. The fraction of sp³-hybridized carbons (Fsp3) is 0.286. The minimum Gasteiger partial charge on any atom is -0.350 e. The van der Waals surface area contributed by atoms with Crippen LogP contribution in [0.3, 0.4) is 0 Å². The third kappa shape index (κ3) is 4.04. The van der Waals surface area contributed by atoms with E-state index in [-0.39, 0.29) is 22.2 Å². The van der Waals surface area contributed by atoms with E-state index in [0.29, 0.717) is 13.1 Å². The van der Waals surface area contributed by atoms with Gasteiger partial charge in [-0.1, -0.05) is 17.7 Å². The molecule has 2 aromatic heterocycles. The Labute approximate surface area is 178 Å². The van der Waals surface area contributed by atoms with Crippen molar-refractivity contribution in [1.82, 2.24) is 20.1 Å². The van der Waals surface area contributed by atoms with Gasteiger partial charge in [0.15, 0.2) is 0 Å².